The number of aliphatic hydroxyl groups is 1. The molecule has 2 atom stereocenters. The molecular weight excluding hydrogens is 324 g/mol. The van der Waals surface area contributed by atoms with Crippen molar-refractivity contribution < 1.29 is 18.1 Å². The molecule has 146 valence electrons. The van der Waals surface area contributed by atoms with Crippen molar-refractivity contribution in [3.63, 3.8) is 0 Å². The van der Waals surface area contributed by atoms with E-state index >= 15 is 0 Å². The Morgan fingerprint density at radius 3 is 1.67 bits per heavy atom. The van der Waals surface area contributed by atoms with Crippen LogP contribution in [0.5, 0.6) is 0 Å². The molecule has 0 aromatic heterocycles. The predicted molar refractivity (Wildman–Crippen MR) is 102 cm³/mol. The Labute approximate surface area is 150 Å². The Kier molecular flexibility index (Phi) is 15.1. The monoisotopic (exact) mass is 364 g/mol. The minimum Gasteiger partial charge on any atom is -0.393 e. The Hall–Kier alpha value is -0.130. The van der Waals surface area contributed by atoms with E-state index in [4.69, 9.17) is 0 Å². The van der Waals surface area contributed by atoms with E-state index in [2.05, 4.69) is 13.8 Å². The van der Waals surface area contributed by atoms with Crippen LogP contribution in [0.4, 0.5) is 0 Å². The maximum atomic E-state index is 11.5. The van der Waals surface area contributed by atoms with Crippen molar-refractivity contribution in [2.45, 2.75) is 122 Å². The van der Waals surface area contributed by atoms with Gasteiger partial charge in [0.25, 0.3) is 10.1 Å². The van der Waals surface area contributed by atoms with Crippen molar-refractivity contribution >= 4 is 10.1 Å². The molecule has 0 aromatic carbocycles. The lowest BCUT2D eigenvalue weighted by Crippen LogP contribution is -2.21. The van der Waals surface area contributed by atoms with Crippen LogP contribution in [0.15, 0.2) is 0 Å². The first-order valence-corrected chi connectivity index (χ1v) is 11.6. The van der Waals surface area contributed by atoms with Crippen molar-refractivity contribution in [3.8, 4) is 0 Å². The summed E-state index contributed by atoms with van der Waals surface area (Å²) in [5.74, 6) is 0. The molecule has 0 bridgehead atoms. The minimum absolute atomic E-state index is 0.336. The molecule has 0 fully saturated rings. The number of unbranched alkanes of at least 4 members (excludes halogenated alkanes) is 8. The fourth-order valence-corrected chi connectivity index (χ4v) is 4.06. The van der Waals surface area contributed by atoms with Crippen LogP contribution in [0.25, 0.3) is 0 Å². The van der Waals surface area contributed by atoms with Gasteiger partial charge < -0.3 is 5.11 Å². The third-order valence-electron chi connectivity index (χ3n) is 4.76. The molecule has 5 heteroatoms. The summed E-state index contributed by atoms with van der Waals surface area (Å²) in [5, 5.41) is 9.24. The van der Waals surface area contributed by atoms with Crippen LogP contribution in [0.1, 0.15) is 110 Å². The maximum Gasteiger partial charge on any atom is 0.267 e. The van der Waals surface area contributed by atoms with Crippen LogP contribution in [-0.4, -0.2) is 29.4 Å². The normalized spacial score (nSPS) is 14.7. The van der Waals surface area contributed by atoms with Gasteiger partial charge in [-0.2, -0.15) is 8.42 Å². The number of hydrogen-bond donors (Lipinski definition) is 2. The highest BCUT2D eigenvalue weighted by Gasteiger charge is 2.22. The zero-order chi connectivity index (χ0) is 18.3. The number of aliphatic hydroxyl groups excluding tert-OH is 1. The number of hydrogen-bond acceptors (Lipinski definition) is 3. The lowest BCUT2D eigenvalue weighted by atomic mass is 10.0. The zero-order valence-electron chi connectivity index (χ0n) is 15.9. The second kappa shape index (κ2) is 15.2. The van der Waals surface area contributed by atoms with Gasteiger partial charge in [-0.05, 0) is 32.1 Å². The molecule has 0 rings (SSSR count). The Bertz CT molecular complexity index is 368. The van der Waals surface area contributed by atoms with E-state index < -0.39 is 15.4 Å². The molecule has 2 N–H and O–H groups in total. The smallest absolute Gasteiger partial charge is 0.267 e. The fourth-order valence-electron chi connectivity index (χ4n) is 3.13. The van der Waals surface area contributed by atoms with E-state index in [0.717, 1.165) is 44.9 Å². The highest BCUT2D eigenvalue weighted by Crippen LogP contribution is 2.19. The van der Waals surface area contributed by atoms with Crippen molar-refractivity contribution in [2.75, 3.05) is 0 Å². The van der Waals surface area contributed by atoms with Crippen LogP contribution in [0, 0.1) is 0 Å². The molecule has 4 nitrogen and oxygen atoms in total. The molecule has 0 heterocycles. The Morgan fingerprint density at radius 2 is 1.08 bits per heavy atom. The molecule has 24 heavy (non-hydrogen) atoms. The van der Waals surface area contributed by atoms with Gasteiger partial charge in [0.1, 0.15) is 0 Å². The second-order valence-electron chi connectivity index (χ2n) is 7.13. The third-order valence-corrected chi connectivity index (χ3v) is 6.07. The van der Waals surface area contributed by atoms with Crippen molar-refractivity contribution in [3.05, 3.63) is 0 Å². The second-order valence-corrected chi connectivity index (χ2v) is 8.82. The topological polar surface area (TPSA) is 74.6 Å². The van der Waals surface area contributed by atoms with E-state index in [1.165, 1.54) is 25.7 Å². The van der Waals surface area contributed by atoms with E-state index in [0.29, 0.717) is 25.7 Å². The van der Waals surface area contributed by atoms with Gasteiger partial charge in [0.2, 0.25) is 0 Å². The summed E-state index contributed by atoms with van der Waals surface area (Å²) in [4.78, 5) is 0. The summed E-state index contributed by atoms with van der Waals surface area (Å²) in [5.41, 5.74) is 0. The van der Waals surface area contributed by atoms with E-state index in [-0.39, 0.29) is 6.10 Å². The van der Waals surface area contributed by atoms with Crippen LogP contribution in [0.3, 0.4) is 0 Å². The van der Waals surface area contributed by atoms with E-state index in [9.17, 15) is 18.1 Å². The zero-order valence-corrected chi connectivity index (χ0v) is 16.7. The highest BCUT2D eigenvalue weighted by atomic mass is 32.2. The lowest BCUT2D eigenvalue weighted by Gasteiger charge is -2.15. The summed E-state index contributed by atoms with van der Waals surface area (Å²) < 4.78 is 32.4. The fraction of sp³-hybridized carbons (Fsp3) is 1.00. The first kappa shape index (κ1) is 23.9. The van der Waals surface area contributed by atoms with Gasteiger partial charge in [-0.3, -0.25) is 4.55 Å². The van der Waals surface area contributed by atoms with Crippen LogP contribution < -0.4 is 0 Å². The summed E-state index contributed by atoms with van der Waals surface area (Å²) in [6.07, 6.45) is 14.1. The molecule has 0 aromatic rings. The molecule has 0 spiro atoms. The van der Waals surface area contributed by atoms with E-state index in [1.54, 1.807) is 0 Å². The van der Waals surface area contributed by atoms with Gasteiger partial charge in [-0.1, -0.05) is 78.1 Å². The van der Waals surface area contributed by atoms with Gasteiger partial charge in [0, 0.05) is 0 Å². The summed E-state index contributed by atoms with van der Waals surface area (Å²) >= 11 is 0. The van der Waals surface area contributed by atoms with Gasteiger partial charge >= 0.3 is 0 Å². The van der Waals surface area contributed by atoms with Crippen molar-refractivity contribution in [2.24, 2.45) is 0 Å². The summed E-state index contributed by atoms with van der Waals surface area (Å²) in [6.45, 7) is 4.32. The van der Waals surface area contributed by atoms with Crippen molar-refractivity contribution in [1.82, 2.24) is 0 Å². The molecular formula is C19H40O4S. The molecule has 0 saturated carbocycles. The highest BCUT2D eigenvalue weighted by molar-refractivity contribution is 7.86. The minimum atomic E-state index is -3.97. The Balaban J connectivity index is 3.90. The molecule has 0 saturated heterocycles. The molecule has 0 amide bonds. The third kappa shape index (κ3) is 14.2. The molecule has 0 radical (unpaired) electrons. The first-order valence-electron chi connectivity index (χ1n) is 10.1. The standard InChI is InChI=1S/C19H40O4S/c1-3-5-7-8-9-10-12-16-19(24(21,22)23)17-13-15-18(20)14-11-6-4-2/h18-20H,3-17H2,1-2H3,(H,21,22,23). The van der Waals surface area contributed by atoms with Gasteiger partial charge in [0.05, 0.1) is 11.4 Å². The van der Waals surface area contributed by atoms with Gasteiger partial charge in [0.15, 0.2) is 0 Å². The summed E-state index contributed by atoms with van der Waals surface area (Å²) in [6, 6.07) is 0. The van der Waals surface area contributed by atoms with E-state index in [1.807, 2.05) is 0 Å². The van der Waals surface area contributed by atoms with Crippen molar-refractivity contribution in [1.29, 1.82) is 0 Å². The number of rotatable bonds is 17. The quantitative estimate of drug-likeness (QED) is 0.264. The molecule has 2 unspecified atom stereocenters. The van der Waals surface area contributed by atoms with Crippen LogP contribution in [0.2, 0.25) is 0 Å². The lowest BCUT2D eigenvalue weighted by molar-refractivity contribution is 0.147. The largest absolute Gasteiger partial charge is 0.393 e. The molecule has 0 aliphatic carbocycles. The van der Waals surface area contributed by atoms with Crippen LogP contribution in [-0.2, 0) is 10.1 Å². The average molecular weight is 365 g/mol. The van der Waals surface area contributed by atoms with Crippen LogP contribution >= 0.6 is 0 Å². The van der Waals surface area contributed by atoms with Gasteiger partial charge in [-0.15, -0.1) is 0 Å². The predicted octanol–water partition coefficient (Wildman–Crippen LogP) is 5.50. The average Bonchev–Trinajstić information content (AvgIpc) is 2.51. The first-order chi connectivity index (χ1) is 11.4. The Morgan fingerprint density at radius 1 is 0.667 bits per heavy atom. The van der Waals surface area contributed by atoms with Gasteiger partial charge in [-0.25, -0.2) is 0 Å². The molecule has 0 aliphatic heterocycles. The molecule has 0 aliphatic rings. The maximum absolute atomic E-state index is 11.5. The summed E-state index contributed by atoms with van der Waals surface area (Å²) in [7, 11) is -3.97. The SMILES string of the molecule is CCCCCCCCCC(CCCC(O)CCCCC)S(=O)(=O)O.